The lowest BCUT2D eigenvalue weighted by atomic mass is 10.3. The second-order valence-electron chi connectivity index (χ2n) is 4.27. The summed E-state index contributed by atoms with van der Waals surface area (Å²) in [7, 11) is 0. The third-order valence-corrected chi connectivity index (χ3v) is 3.97. The summed E-state index contributed by atoms with van der Waals surface area (Å²) in [6, 6.07) is 4.41. The molecule has 1 aliphatic rings. The molecule has 0 saturated carbocycles. The van der Waals surface area contributed by atoms with E-state index in [2.05, 4.69) is 4.98 Å². The Morgan fingerprint density at radius 2 is 2.32 bits per heavy atom. The average molecular weight is 279 g/mol. The Hall–Kier alpha value is -2.06. The molecular formula is C11H9N3O4S. The average Bonchev–Trinajstić information content (AvgIpc) is 2.90. The molecule has 1 atom stereocenters. The molecule has 1 amide bonds. The van der Waals surface area contributed by atoms with Gasteiger partial charge in [0.25, 0.3) is 5.69 Å². The number of rotatable bonds is 2. The second kappa shape index (κ2) is 4.25. The number of amides is 1. The monoisotopic (exact) mass is 279 g/mol. The Balaban J connectivity index is 2.02. The number of carbonyl (C=O) groups is 1. The number of fused-ring (bicyclic) bond motifs is 1. The molecule has 1 fully saturated rings. The molecule has 98 valence electrons. The minimum absolute atomic E-state index is 0.0304. The van der Waals surface area contributed by atoms with Crippen molar-refractivity contribution in [3.8, 4) is 0 Å². The molecule has 2 aromatic rings. The number of benzene rings is 1. The van der Waals surface area contributed by atoms with Crippen LogP contribution in [0.15, 0.2) is 18.2 Å². The van der Waals surface area contributed by atoms with Gasteiger partial charge in [-0.25, -0.2) is 4.98 Å². The van der Waals surface area contributed by atoms with E-state index in [0.29, 0.717) is 10.6 Å². The van der Waals surface area contributed by atoms with Gasteiger partial charge >= 0.3 is 0 Å². The molecule has 19 heavy (non-hydrogen) atoms. The van der Waals surface area contributed by atoms with Crippen LogP contribution in [0.3, 0.4) is 0 Å². The van der Waals surface area contributed by atoms with Gasteiger partial charge in [-0.15, -0.1) is 0 Å². The number of nitro benzene ring substituents is 1. The van der Waals surface area contributed by atoms with Crippen molar-refractivity contribution in [3.63, 3.8) is 0 Å². The van der Waals surface area contributed by atoms with Crippen LogP contribution in [0.25, 0.3) is 10.2 Å². The normalized spacial score (nSPS) is 19.3. The number of thiazole rings is 1. The summed E-state index contributed by atoms with van der Waals surface area (Å²) < 4.78 is 0.773. The van der Waals surface area contributed by atoms with Gasteiger partial charge < -0.3 is 5.11 Å². The zero-order valence-corrected chi connectivity index (χ0v) is 10.5. The molecule has 3 rings (SSSR count). The van der Waals surface area contributed by atoms with Crippen molar-refractivity contribution in [2.24, 2.45) is 0 Å². The number of carbonyl (C=O) groups excluding carboxylic acids is 1. The number of hydrogen-bond acceptors (Lipinski definition) is 6. The molecule has 1 saturated heterocycles. The first kappa shape index (κ1) is 12.0. The number of nitrogens with zero attached hydrogens (tertiary/aromatic N) is 3. The van der Waals surface area contributed by atoms with Crippen LogP contribution in [0, 0.1) is 10.1 Å². The van der Waals surface area contributed by atoms with Crippen molar-refractivity contribution in [1.29, 1.82) is 0 Å². The molecule has 1 aromatic heterocycles. The fraction of sp³-hybridized carbons (Fsp3) is 0.273. The fourth-order valence-electron chi connectivity index (χ4n) is 2.01. The Morgan fingerprint density at radius 1 is 1.53 bits per heavy atom. The molecule has 0 aliphatic carbocycles. The van der Waals surface area contributed by atoms with E-state index in [1.807, 2.05) is 0 Å². The molecular weight excluding hydrogens is 270 g/mol. The van der Waals surface area contributed by atoms with Gasteiger partial charge in [0.15, 0.2) is 5.13 Å². The maximum atomic E-state index is 11.7. The predicted octanol–water partition coefficient (Wildman–Crippen LogP) is 1.30. The molecule has 1 N–H and O–H groups in total. The van der Waals surface area contributed by atoms with E-state index < -0.39 is 11.0 Å². The Kier molecular flexibility index (Phi) is 2.68. The van der Waals surface area contributed by atoms with Crippen molar-refractivity contribution in [1.82, 2.24) is 4.98 Å². The molecule has 2 heterocycles. The van der Waals surface area contributed by atoms with E-state index in [-0.39, 0.29) is 24.6 Å². The summed E-state index contributed by atoms with van der Waals surface area (Å²) in [5, 5.41) is 20.6. The maximum Gasteiger partial charge on any atom is 0.271 e. The number of anilines is 1. The van der Waals surface area contributed by atoms with E-state index in [9.17, 15) is 20.0 Å². The van der Waals surface area contributed by atoms with Gasteiger partial charge in [-0.3, -0.25) is 19.8 Å². The van der Waals surface area contributed by atoms with Crippen molar-refractivity contribution >= 4 is 38.3 Å². The molecule has 0 bridgehead atoms. The number of aromatic nitrogens is 1. The van der Waals surface area contributed by atoms with Crippen LogP contribution in [0.2, 0.25) is 0 Å². The van der Waals surface area contributed by atoms with Crippen LogP contribution in [0.5, 0.6) is 0 Å². The Labute approximate surface area is 111 Å². The zero-order valence-electron chi connectivity index (χ0n) is 9.65. The lowest BCUT2D eigenvalue weighted by Crippen LogP contribution is -2.24. The van der Waals surface area contributed by atoms with Gasteiger partial charge in [0.1, 0.15) is 0 Å². The first-order chi connectivity index (χ1) is 9.04. The lowest BCUT2D eigenvalue weighted by molar-refractivity contribution is -0.384. The highest BCUT2D eigenvalue weighted by atomic mass is 32.1. The topological polar surface area (TPSA) is 96.6 Å². The Morgan fingerprint density at radius 3 is 2.95 bits per heavy atom. The largest absolute Gasteiger partial charge is 0.391 e. The number of nitro groups is 1. The quantitative estimate of drug-likeness (QED) is 0.660. The first-order valence-corrected chi connectivity index (χ1v) is 6.39. The lowest BCUT2D eigenvalue weighted by Gasteiger charge is -2.10. The highest BCUT2D eigenvalue weighted by Gasteiger charge is 2.31. The van der Waals surface area contributed by atoms with Crippen LogP contribution in [-0.2, 0) is 4.79 Å². The standard InChI is InChI=1S/C11H9N3O4S/c15-7-4-10(16)13(5-7)11-12-8-3-6(14(17)18)1-2-9(8)19-11/h1-3,7,15H,4-5H2. The highest BCUT2D eigenvalue weighted by Crippen LogP contribution is 2.33. The van der Waals surface area contributed by atoms with Crippen LogP contribution in [0.4, 0.5) is 10.8 Å². The summed E-state index contributed by atoms with van der Waals surface area (Å²) in [4.78, 5) is 27.5. The summed E-state index contributed by atoms with van der Waals surface area (Å²) in [6.07, 6.45) is -0.579. The number of aliphatic hydroxyl groups is 1. The van der Waals surface area contributed by atoms with Crippen molar-refractivity contribution < 1.29 is 14.8 Å². The smallest absolute Gasteiger partial charge is 0.271 e. The van der Waals surface area contributed by atoms with Crippen molar-refractivity contribution in [2.75, 3.05) is 11.4 Å². The predicted molar refractivity (Wildman–Crippen MR) is 69.3 cm³/mol. The van der Waals surface area contributed by atoms with Crippen LogP contribution < -0.4 is 4.90 Å². The number of non-ortho nitro benzene ring substituents is 1. The van der Waals surface area contributed by atoms with E-state index in [1.165, 1.54) is 28.4 Å². The van der Waals surface area contributed by atoms with E-state index in [0.717, 1.165) is 4.70 Å². The summed E-state index contributed by atoms with van der Waals surface area (Å²) >= 11 is 1.28. The van der Waals surface area contributed by atoms with Gasteiger partial charge in [-0.05, 0) is 6.07 Å². The van der Waals surface area contributed by atoms with E-state index >= 15 is 0 Å². The second-order valence-corrected chi connectivity index (χ2v) is 5.28. The van der Waals surface area contributed by atoms with Gasteiger partial charge in [-0.1, -0.05) is 11.3 Å². The SMILES string of the molecule is O=C1CC(O)CN1c1nc2cc([N+](=O)[O-])ccc2s1. The molecule has 1 aromatic carbocycles. The molecule has 0 radical (unpaired) electrons. The molecule has 1 aliphatic heterocycles. The number of hydrogen-bond donors (Lipinski definition) is 1. The molecule has 0 spiro atoms. The fourth-order valence-corrected chi connectivity index (χ4v) is 2.98. The van der Waals surface area contributed by atoms with Crippen LogP contribution >= 0.6 is 11.3 Å². The van der Waals surface area contributed by atoms with Crippen LogP contribution in [-0.4, -0.2) is 33.6 Å². The maximum absolute atomic E-state index is 11.7. The minimum atomic E-state index is -0.672. The molecule has 1 unspecified atom stereocenters. The third-order valence-electron chi connectivity index (χ3n) is 2.91. The van der Waals surface area contributed by atoms with E-state index in [1.54, 1.807) is 6.07 Å². The summed E-state index contributed by atoms with van der Waals surface area (Å²) in [5.41, 5.74) is 0.459. The molecule has 7 nitrogen and oxygen atoms in total. The van der Waals surface area contributed by atoms with Crippen molar-refractivity contribution in [3.05, 3.63) is 28.3 Å². The first-order valence-electron chi connectivity index (χ1n) is 5.58. The highest BCUT2D eigenvalue weighted by molar-refractivity contribution is 7.22. The van der Waals surface area contributed by atoms with Gasteiger partial charge in [0.2, 0.25) is 5.91 Å². The summed E-state index contributed by atoms with van der Waals surface area (Å²) in [5.74, 6) is -0.180. The zero-order chi connectivity index (χ0) is 13.6. The van der Waals surface area contributed by atoms with Gasteiger partial charge in [0.05, 0.1) is 34.2 Å². The molecule has 8 heteroatoms. The number of β-amino-alcohol motifs (C(OH)–C–C–N with tert-alkyl or cyclic N) is 1. The van der Waals surface area contributed by atoms with E-state index in [4.69, 9.17) is 0 Å². The van der Waals surface area contributed by atoms with Crippen molar-refractivity contribution in [2.45, 2.75) is 12.5 Å². The van der Waals surface area contributed by atoms with Gasteiger partial charge in [-0.2, -0.15) is 0 Å². The van der Waals surface area contributed by atoms with Crippen LogP contribution in [0.1, 0.15) is 6.42 Å². The Bertz CT molecular complexity index is 684. The summed E-state index contributed by atoms with van der Waals surface area (Å²) in [6.45, 7) is 0.223. The third kappa shape index (κ3) is 2.04. The number of aliphatic hydroxyl groups excluding tert-OH is 1. The van der Waals surface area contributed by atoms with Gasteiger partial charge in [0, 0.05) is 12.1 Å². The minimum Gasteiger partial charge on any atom is -0.391 e.